The van der Waals surface area contributed by atoms with Crippen molar-refractivity contribution >= 4 is 47.4 Å². The van der Waals surface area contributed by atoms with Gasteiger partial charge in [0.15, 0.2) is 0 Å². The number of hydrogen-bond donors (Lipinski definition) is 0. The van der Waals surface area contributed by atoms with Gasteiger partial charge in [0.05, 0.1) is 24.7 Å². The largest absolute Gasteiger partial charge is 0.462 e. The van der Waals surface area contributed by atoms with Crippen molar-refractivity contribution in [3.05, 3.63) is 0 Å². The molecule has 0 bridgehead atoms. The fourth-order valence-corrected chi connectivity index (χ4v) is 7.22. The Balaban J connectivity index is 4.21. The summed E-state index contributed by atoms with van der Waals surface area (Å²) >= 11 is 3.58. The molecule has 0 aromatic rings. The van der Waals surface area contributed by atoms with Gasteiger partial charge in [0, 0.05) is 24.6 Å². The second kappa shape index (κ2) is 35.5. The van der Waals surface area contributed by atoms with E-state index >= 15 is 0 Å². The molecule has 0 aliphatic heterocycles. The third-order valence-corrected chi connectivity index (χ3v) is 11.0. The summed E-state index contributed by atoms with van der Waals surface area (Å²) in [5.74, 6) is 1.93. The van der Waals surface area contributed by atoms with Gasteiger partial charge in [0.2, 0.25) is 0 Å². The number of nitrogens with zero attached hydrogens (tertiary/aromatic N) is 2. The highest BCUT2D eigenvalue weighted by Gasteiger charge is 2.17. The number of hydrogen-bond acceptors (Lipinski definition) is 12. The SMILES string of the molecule is CCCCCCCCSCC(C)C(=O)OCCOC(=O)CCN(CCCN(C)C)CCC(=O)OCCOC(=O)C(C)CSCCCCCCCC. The Morgan fingerprint density at radius 2 is 0.902 bits per heavy atom. The van der Waals surface area contributed by atoms with Crippen molar-refractivity contribution in [2.45, 2.75) is 124 Å². The van der Waals surface area contributed by atoms with E-state index in [1.165, 1.54) is 77.0 Å². The minimum atomic E-state index is -0.370. The molecule has 0 spiro atoms. The zero-order valence-electron chi connectivity index (χ0n) is 33.2. The van der Waals surface area contributed by atoms with Crippen LogP contribution < -0.4 is 0 Å². The van der Waals surface area contributed by atoms with Crippen molar-refractivity contribution in [3.8, 4) is 0 Å². The highest BCUT2D eigenvalue weighted by atomic mass is 32.2. The molecule has 0 aromatic carbocycles. The van der Waals surface area contributed by atoms with Crippen LogP contribution in [0, 0.1) is 11.8 Å². The van der Waals surface area contributed by atoms with Gasteiger partial charge in [-0.15, -0.1) is 0 Å². The van der Waals surface area contributed by atoms with Gasteiger partial charge in [-0.25, -0.2) is 0 Å². The summed E-state index contributed by atoms with van der Waals surface area (Å²) in [6, 6.07) is 0. The van der Waals surface area contributed by atoms with Crippen LogP contribution in [0.2, 0.25) is 0 Å². The topological polar surface area (TPSA) is 112 Å². The van der Waals surface area contributed by atoms with Crippen LogP contribution in [-0.2, 0) is 38.1 Å². The van der Waals surface area contributed by atoms with Crippen molar-refractivity contribution in [1.29, 1.82) is 0 Å². The van der Waals surface area contributed by atoms with E-state index in [0.717, 1.165) is 42.5 Å². The summed E-state index contributed by atoms with van der Waals surface area (Å²) in [5, 5.41) is 0. The minimum Gasteiger partial charge on any atom is -0.462 e. The van der Waals surface area contributed by atoms with E-state index in [1.807, 2.05) is 27.9 Å². The number of ether oxygens (including phenoxy) is 4. The van der Waals surface area contributed by atoms with Crippen LogP contribution in [0.5, 0.6) is 0 Å². The van der Waals surface area contributed by atoms with E-state index in [9.17, 15) is 19.2 Å². The molecule has 12 heteroatoms. The highest BCUT2D eigenvalue weighted by Crippen LogP contribution is 2.15. The molecular formula is C39H74N2O8S2. The highest BCUT2D eigenvalue weighted by molar-refractivity contribution is 7.99. The Kier molecular flexibility index (Phi) is 34.5. The number of esters is 4. The first kappa shape index (κ1) is 49.5. The summed E-state index contributed by atoms with van der Waals surface area (Å²) < 4.78 is 21.2. The van der Waals surface area contributed by atoms with Crippen molar-refractivity contribution in [2.75, 3.05) is 89.7 Å². The summed E-state index contributed by atoms with van der Waals surface area (Å²) in [4.78, 5) is 53.5. The first-order valence-electron chi connectivity index (χ1n) is 19.8. The smallest absolute Gasteiger partial charge is 0.309 e. The maximum absolute atomic E-state index is 12.4. The predicted molar refractivity (Wildman–Crippen MR) is 212 cm³/mol. The molecular weight excluding hydrogens is 689 g/mol. The van der Waals surface area contributed by atoms with Crippen LogP contribution in [0.25, 0.3) is 0 Å². The van der Waals surface area contributed by atoms with Crippen molar-refractivity contribution < 1.29 is 38.1 Å². The normalized spacial score (nSPS) is 12.5. The lowest BCUT2D eigenvalue weighted by Crippen LogP contribution is -2.32. The van der Waals surface area contributed by atoms with Crippen molar-refractivity contribution in [2.24, 2.45) is 11.8 Å². The molecule has 2 atom stereocenters. The molecule has 0 radical (unpaired) electrons. The van der Waals surface area contributed by atoms with Crippen molar-refractivity contribution in [1.82, 2.24) is 9.80 Å². The summed E-state index contributed by atoms with van der Waals surface area (Å²) in [7, 11) is 4.01. The molecule has 0 aliphatic carbocycles. The standard InChI is InChI=1S/C39H74N2O8S2/c1-7-9-11-13-15-17-30-50-32-34(3)38(44)48-28-26-46-36(42)20-24-41(23-19-22-40(5)6)25-21-37(43)47-27-29-49-39(45)35(4)33-51-31-18-16-14-12-10-8-2/h34-35H,7-33H2,1-6H3. The van der Waals surface area contributed by atoms with Gasteiger partial charge >= 0.3 is 23.9 Å². The van der Waals surface area contributed by atoms with E-state index in [0.29, 0.717) is 13.1 Å². The lowest BCUT2D eigenvalue weighted by molar-refractivity contribution is -0.154. The Bertz CT molecular complexity index is 818. The maximum atomic E-state index is 12.4. The molecule has 300 valence electrons. The molecule has 51 heavy (non-hydrogen) atoms. The molecule has 0 saturated heterocycles. The third-order valence-electron chi connectivity index (χ3n) is 8.35. The van der Waals surface area contributed by atoms with Gasteiger partial charge in [-0.2, -0.15) is 23.5 Å². The Morgan fingerprint density at radius 1 is 0.510 bits per heavy atom. The van der Waals surface area contributed by atoms with E-state index in [-0.39, 0.29) is 75.0 Å². The van der Waals surface area contributed by atoms with Gasteiger partial charge in [-0.1, -0.05) is 91.9 Å². The molecule has 0 aromatic heterocycles. The van der Waals surface area contributed by atoms with Gasteiger partial charge in [0.25, 0.3) is 0 Å². The van der Waals surface area contributed by atoms with Gasteiger partial charge in [-0.05, 0) is 58.0 Å². The monoisotopic (exact) mass is 762 g/mol. The average molecular weight is 763 g/mol. The Labute approximate surface area is 319 Å². The zero-order valence-corrected chi connectivity index (χ0v) is 34.9. The minimum absolute atomic E-state index is 0.0243. The summed E-state index contributed by atoms with van der Waals surface area (Å²) in [6.07, 6.45) is 16.4. The van der Waals surface area contributed by atoms with Gasteiger partial charge in [0.1, 0.15) is 26.4 Å². The zero-order chi connectivity index (χ0) is 38.0. The molecule has 2 unspecified atom stereocenters. The molecule has 0 heterocycles. The first-order valence-corrected chi connectivity index (χ1v) is 22.1. The number of carbonyl (C=O) groups excluding carboxylic acids is 4. The second-order valence-electron chi connectivity index (χ2n) is 13.8. The lowest BCUT2D eigenvalue weighted by atomic mass is 10.1. The van der Waals surface area contributed by atoms with Crippen LogP contribution in [0.1, 0.15) is 124 Å². The average Bonchev–Trinajstić information content (AvgIpc) is 3.11. The quantitative estimate of drug-likeness (QED) is 0.0355. The maximum Gasteiger partial charge on any atom is 0.309 e. The van der Waals surface area contributed by atoms with Crippen molar-refractivity contribution in [3.63, 3.8) is 0 Å². The number of thioether (sulfide) groups is 2. The molecule has 0 amide bonds. The van der Waals surface area contributed by atoms with Crippen LogP contribution in [-0.4, -0.2) is 123 Å². The van der Waals surface area contributed by atoms with Crippen LogP contribution in [0.4, 0.5) is 0 Å². The van der Waals surface area contributed by atoms with E-state index in [2.05, 4.69) is 23.6 Å². The predicted octanol–water partition coefficient (Wildman–Crippen LogP) is 7.65. The van der Waals surface area contributed by atoms with Crippen LogP contribution in [0.3, 0.4) is 0 Å². The van der Waals surface area contributed by atoms with Crippen LogP contribution >= 0.6 is 23.5 Å². The fraction of sp³-hybridized carbons (Fsp3) is 0.897. The molecule has 0 rings (SSSR count). The van der Waals surface area contributed by atoms with E-state index < -0.39 is 0 Å². The molecule has 10 nitrogen and oxygen atoms in total. The molecule has 0 fully saturated rings. The summed E-state index contributed by atoms with van der Waals surface area (Å²) in [5.41, 5.74) is 0. The molecule has 0 N–H and O–H groups in total. The van der Waals surface area contributed by atoms with E-state index in [1.54, 1.807) is 23.5 Å². The Morgan fingerprint density at radius 3 is 1.31 bits per heavy atom. The molecule has 0 saturated carbocycles. The third kappa shape index (κ3) is 32.9. The Hall–Kier alpha value is -1.50. The summed E-state index contributed by atoms with van der Waals surface area (Å²) in [6.45, 7) is 10.8. The van der Waals surface area contributed by atoms with E-state index in [4.69, 9.17) is 18.9 Å². The number of rotatable bonds is 36. The van der Waals surface area contributed by atoms with Gasteiger partial charge in [-0.3, -0.25) is 19.2 Å². The number of unbranched alkanes of at least 4 members (excludes halogenated alkanes) is 10. The van der Waals surface area contributed by atoms with Crippen LogP contribution in [0.15, 0.2) is 0 Å². The first-order chi connectivity index (χ1) is 24.6. The molecule has 0 aliphatic rings. The second-order valence-corrected chi connectivity index (χ2v) is 16.1. The lowest BCUT2D eigenvalue weighted by Gasteiger charge is -2.22. The fourth-order valence-electron chi connectivity index (χ4n) is 5.09. The van der Waals surface area contributed by atoms with Gasteiger partial charge < -0.3 is 28.7 Å². The number of carbonyl (C=O) groups is 4.